The van der Waals surface area contributed by atoms with Crippen LogP contribution in [0.1, 0.15) is 26.8 Å². The molecule has 0 spiro atoms. The Morgan fingerprint density at radius 1 is 1.56 bits per heavy atom. The average molecular weight is 244 g/mol. The Labute approximate surface area is 101 Å². The number of rotatable bonds is 6. The Balaban J connectivity index is 2.96. The molecule has 1 heterocycles. The van der Waals surface area contributed by atoms with Crippen molar-refractivity contribution in [3.63, 3.8) is 0 Å². The van der Waals surface area contributed by atoms with Gasteiger partial charge in [0, 0.05) is 26.2 Å². The topological polar surface area (TPSA) is 46.1 Å². The van der Waals surface area contributed by atoms with E-state index >= 15 is 0 Å². The highest BCUT2D eigenvalue weighted by Gasteiger charge is 2.14. The number of nitrogens with one attached hydrogen (secondary N) is 1. The number of ether oxygens (including phenoxy) is 1. The van der Waals surface area contributed by atoms with E-state index in [1.807, 2.05) is 4.57 Å². The van der Waals surface area contributed by atoms with Crippen LogP contribution in [0.25, 0.3) is 0 Å². The molecule has 1 rings (SSSR count). The van der Waals surface area contributed by atoms with E-state index in [-0.39, 0.29) is 0 Å². The molecule has 6 heteroatoms. The SMILES string of the molecule is CCN(CCOC)c1n[nH]c(=S)n1C(C)C. The molecule has 1 aromatic heterocycles. The molecule has 0 aliphatic rings. The van der Waals surface area contributed by atoms with Crippen molar-refractivity contribution in [1.82, 2.24) is 14.8 Å². The van der Waals surface area contributed by atoms with Crippen molar-refractivity contribution in [3.8, 4) is 0 Å². The number of H-pyrrole nitrogens is 1. The summed E-state index contributed by atoms with van der Waals surface area (Å²) in [6.45, 7) is 8.68. The van der Waals surface area contributed by atoms with Gasteiger partial charge in [0.05, 0.1) is 6.61 Å². The molecule has 0 radical (unpaired) electrons. The standard InChI is InChI=1S/C10H20N4OS/c1-5-13(6-7-15-4)9-11-12-10(16)14(9)8(2)3/h8H,5-7H2,1-4H3,(H,12,16). The van der Waals surface area contributed by atoms with E-state index in [0.717, 1.165) is 19.0 Å². The quantitative estimate of drug-likeness (QED) is 0.777. The van der Waals surface area contributed by atoms with Crippen molar-refractivity contribution in [2.24, 2.45) is 0 Å². The number of nitrogens with zero attached hydrogens (tertiary/aromatic N) is 3. The fourth-order valence-corrected chi connectivity index (χ4v) is 1.92. The molecule has 0 aliphatic heterocycles. The van der Waals surface area contributed by atoms with E-state index in [4.69, 9.17) is 17.0 Å². The molecule has 16 heavy (non-hydrogen) atoms. The van der Waals surface area contributed by atoms with Crippen LogP contribution >= 0.6 is 12.2 Å². The van der Waals surface area contributed by atoms with E-state index in [1.54, 1.807) is 7.11 Å². The van der Waals surface area contributed by atoms with Gasteiger partial charge in [-0.1, -0.05) is 0 Å². The van der Waals surface area contributed by atoms with Crippen LogP contribution in [0.3, 0.4) is 0 Å². The lowest BCUT2D eigenvalue weighted by molar-refractivity contribution is 0.205. The molecular weight excluding hydrogens is 224 g/mol. The van der Waals surface area contributed by atoms with Crippen LogP contribution in [-0.4, -0.2) is 41.6 Å². The zero-order valence-electron chi connectivity index (χ0n) is 10.4. The van der Waals surface area contributed by atoms with Gasteiger partial charge >= 0.3 is 0 Å². The van der Waals surface area contributed by atoms with Crippen molar-refractivity contribution in [3.05, 3.63) is 4.77 Å². The summed E-state index contributed by atoms with van der Waals surface area (Å²) < 4.78 is 7.78. The van der Waals surface area contributed by atoms with E-state index in [2.05, 4.69) is 35.9 Å². The molecule has 1 N–H and O–H groups in total. The maximum absolute atomic E-state index is 5.22. The molecule has 0 fully saturated rings. The van der Waals surface area contributed by atoms with Gasteiger partial charge in [0.25, 0.3) is 0 Å². The number of aromatic amines is 1. The highest BCUT2D eigenvalue weighted by molar-refractivity contribution is 7.71. The highest BCUT2D eigenvalue weighted by Crippen LogP contribution is 2.16. The Hall–Kier alpha value is -0.880. The predicted octanol–water partition coefficient (Wildman–Crippen LogP) is 1.99. The summed E-state index contributed by atoms with van der Waals surface area (Å²) in [5.41, 5.74) is 0. The number of aromatic nitrogens is 3. The fourth-order valence-electron chi connectivity index (χ4n) is 1.59. The normalized spacial score (nSPS) is 11.1. The summed E-state index contributed by atoms with van der Waals surface area (Å²) in [6, 6.07) is 0.304. The molecule has 0 atom stereocenters. The molecule has 0 aliphatic carbocycles. The van der Waals surface area contributed by atoms with Crippen LogP contribution in [0, 0.1) is 4.77 Å². The number of methoxy groups -OCH3 is 1. The largest absolute Gasteiger partial charge is 0.383 e. The zero-order valence-corrected chi connectivity index (χ0v) is 11.2. The third-order valence-electron chi connectivity index (χ3n) is 2.43. The zero-order chi connectivity index (χ0) is 12.1. The summed E-state index contributed by atoms with van der Waals surface area (Å²) in [7, 11) is 1.70. The Bertz CT molecular complexity index is 371. The second-order valence-corrected chi connectivity index (χ2v) is 4.25. The second-order valence-electron chi connectivity index (χ2n) is 3.86. The van der Waals surface area contributed by atoms with Crippen molar-refractivity contribution in [2.75, 3.05) is 31.7 Å². The molecular formula is C10H20N4OS. The minimum absolute atomic E-state index is 0.304. The van der Waals surface area contributed by atoms with Crippen molar-refractivity contribution >= 4 is 18.2 Å². The molecule has 0 unspecified atom stereocenters. The van der Waals surface area contributed by atoms with Crippen molar-refractivity contribution < 1.29 is 4.74 Å². The van der Waals surface area contributed by atoms with Crippen LogP contribution in [0.5, 0.6) is 0 Å². The second kappa shape index (κ2) is 6.00. The Kier molecular flexibility index (Phi) is 4.95. The van der Waals surface area contributed by atoms with Crippen LogP contribution in [0.4, 0.5) is 5.95 Å². The van der Waals surface area contributed by atoms with Crippen LogP contribution < -0.4 is 4.90 Å². The van der Waals surface area contributed by atoms with Gasteiger partial charge in [-0.15, -0.1) is 5.10 Å². The molecule has 0 saturated heterocycles. The van der Waals surface area contributed by atoms with Gasteiger partial charge in [-0.05, 0) is 33.0 Å². The molecule has 92 valence electrons. The predicted molar refractivity (Wildman–Crippen MR) is 67.6 cm³/mol. The van der Waals surface area contributed by atoms with Gasteiger partial charge in [0.2, 0.25) is 5.95 Å². The Morgan fingerprint density at radius 3 is 2.75 bits per heavy atom. The Morgan fingerprint density at radius 2 is 2.25 bits per heavy atom. The van der Waals surface area contributed by atoms with E-state index < -0.39 is 0 Å². The van der Waals surface area contributed by atoms with Gasteiger partial charge in [-0.3, -0.25) is 4.57 Å². The van der Waals surface area contributed by atoms with Gasteiger partial charge in [-0.25, -0.2) is 5.10 Å². The number of likely N-dealkylation sites (N-methyl/N-ethyl adjacent to an activating group) is 1. The molecule has 0 amide bonds. The first-order chi connectivity index (χ1) is 7.61. The minimum atomic E-state index is 0.304. The summed E-state index contributed by atoms with van der Waals surface area (Å²) >= 11 is 5.22. The van der Waals surface area contributed by atoms with Gasteiger partial charge in [-0.2, -0.15) is 0 Å². The van der Waals surface area contributed by atoms with E-state index in [0.29, 0.717) is 17.4 Å². The third-order valence-corrected chi connectivity index (χ3v) is 2.72. The van der Waals surface area contributed by atoms with Crippen LogP contribution in [-0.2, 0) is 4.74 Å². The van der Waals surface area contributed by atoms with Gasteiger partial charge in [0.15, 0.2) is 4.77 Å². The van der Waals surface area contributed by atoms with Crippen molar-refractivity contribution in [2.45, 2.75) is 26.8 Å². The first-order valence-electron chi connectivity index (χ1n) is 5.52. The monoisotopic (exact) mass is 244 g/mol. The summed E-state index contributed by atoms with van der Waals surface area (Å²) in [6.07, 6.45) is 0. The van der Waals surface area contributed by atoms with Gasteiger partial charge < -0.3 is 9.64 Å². The maximum Gasteiger partial charge on any atom is 0.226 e. The van der Waals surface area contributed by atoms with Crippen LogP contribution in [0.2, 0.25) is 0 Å². The van der Waals surface area contributed by atoms with E-state index in [9.17, 15) is 0 Å². The lowest BCUT2D eigenvalue weighted by Crippen LogP contribution is -2.30. The lowest BCUT2D eigenvalue weighted by Gasteiger charge is -2.23. The molecule has 0 bridgehead atoms. The maximum atomic E-state index is 5.22. The lowest BCUT2D eigenvalue weighted by atomic mass is 10.4. The molecule has 5 nitrogen and oxygen atoms in total. The number of hydrogen-bond donors (Lipinski definition) is 1. The fraction of sp³-hybridized carbons (Fsp3) is 0.800. The first-order valence-corrected chi connectivity index (χ1v) is 5.93. The summed E-state index contributed by atoms with van der Waals surface area (Å²) in [5, 5.41) is 7.12. The average Bonchev–Trinajstić information content (AvgIpc) is 2.62. The first kappa shape index (κ1) is 13.2. The number of anilines is 1. The smallest absolute Gasteiger partial charge is 0.226 e. The third kappa shape index (κ3) is 2.82. The van der Waals surface area contributed by atoms with Gasteiger partial charge in [0.1, 0.15) is 0 Å². The highest BCUT2D eigenvalue weighted by atomic mass is 32.1. The molecule has 0 saturated carbocycles. The van der Waals surface area contributed by atoms with Crippen molar-refractivity contribution in [1.29, 1.82) is 0 Å². The molecule has 1 aromatic rings. The van der Waals surface area contributed by atoms with E-state index in [1.165, 1.54) is 0 Å². The molecule has 0 aromatic carbocycles. The summed E-state index contributed by atoms with van der Waals surface area (Å²) in [5.74, 6) is 0.888. The van der Waals surface area contributed by atoms with Crippen LogP contribution in [0.15, 0.2) is 0 Å². The number of hydrogen-bond acceptors (Lipinski definition) is 4. The summed E-state index contributed by atoms with van der Waals surface area (Å²) in [4.78, 5) is 2.15. The minimum Gasteiger partial charge on any atom is -0.383 e.